The maximum Gasteiger partial charge on any atom is 0.130 e. The fourth-order valence-corrected chi connectivity index (χ4v) is 0.798. The van der Waals surface area contributed by atoms with Crippen molar-refractivity contribution in [2.24, 2.45) is 0 Å². The molecule has 0 aromatic heterocycles. The van der Waals surface area contributed by atoms with Crippen LogP contribution >= 0.6 is 28.6 Å². The van der Waals surface area contributed by atoms with Crippen molar-refractivity contribution in [3.8, 4) is 5.40 Å². The normalized spacial score (nSPS) is 7.45. The van der Waals surface area contributed by atoms with E-state index >= 15 is 0 Å². The summed E-state index contributed by atoms with van der Waals surface area (Å²) in [6, 6.07) is 8.22. The minimum absolute atomic E-state index is 1.14. The van der Waals surface area contributed by atoms with Crippen molar-refractivity contribution in [2.75, 3.05) is 0 Å². The molecular weight excluding hydrogens is 222 g/mol. The van der Waals surface area contributed by atoms with E-state index in [2.05, 4.69) is 47.6 Å². The smallest absolute Gasteiger partial charge is 0.130 e. The van der Waals surface area contributed by atoms with E-state index in [4.69, 9.17) is 5.26 Å². The Morgan fingerprint density at radius 1 is 1.36 bits per heavy atom. The maximum absolute atomic E-state index is 7.18. The summed E-state index contributed by atoms with van der Waals surface area (Å²) in [4.78, 5) is 0. The Balaban J connectivity index is 0.000000292. The quantitative estimate of drug-likeness (QED) is 0.537. The number of hydrogen-bond donors (Lipinski definition) is 1. The molecule has 0 fully saturated rings. The van der Waals surface area contributed by atoms with Gasteiger partial charge in [0, 0.05) is 4.47 Å². The van der Waals surface area contributed by atoms with E-state index in [-0.39, 0.29) is 0 Å². The standard InChI is InChI=1S/C7H7Br.CHNS/c1-6-2-4-7(8)5-3-6;2-1-3/h2-5H,1H3;3H. The Morgan fingerprint density at radius 2 is 1.73 bits per heavy atom. The average Bonchev–Trinajstić information content (AvgIpc) is 1.97. The number of thiocyanates is 1. The topological polar surface area (TPSA) is 23.8 Å². The highest BCUT2D eigenvalue weighted by molar-refractivity contribution is 9.10. The monoisotopic (exact) mass is 229 g/mol. The van der Waals surface area contributed by atoms with Crippen molar-refractivity contribution in [3.05, 3.63) is 34.3 Å². The summed E-state index contributed by atoms with van der Waals surface area (Å²) in [6.07, 6.45) is 0. The number of nitrogens with zero attached hydrogens (tertiary/aromatic N) is 1. The molecular formula is C8H8BrNS. The zero-order chi connectivity index (χ0) is 8.69. The number of hydrogen-bond acceptors (Lipinski definition) is 2. The number of benzene rings is 1. The van der Waals surface area contributed by atoms with Crippen LogP contribution in [0.4, 0.5) is 0 Å². The lowest BCUT2D eigenvalue weighted by molar-refractivity contribution is 1.46. The van der Waals surface area contributed by atoms with E-state index in [0.717, 1.165) is 4.47 Å². The first-order valence-corrected chi connectivity index (χ1v) is 4.20. The lowest BCUT2D eigenvalue weighted by Gasteiger charge is -1.88. The molecule has 0 spiro atoms. The highest BCUT2D eigenvalue weighted by atomic mass is 79.9. The molecule has 0 unspecified atom stereocenters. The van der Waals surface area contributed by atoms with Crippen LogP contribution in [0.15, 0.2) is 28.7 Å². The van der Waals surface area contributed by atoms with Crippen molar-refractivity contribution in [2.45, 2.75) is 6.92 Å². The summed E-state index contributed by atoms with van der Waals surface area (Å²) >= 11 is 6.44. The van der Waals surface area contributed by atoms with Gasteiger partial charge in [-0.2, -0.15) is 5.26 Å². The van der Waals surface area contributed by atoms with Crippen LogP contribution in [0.3, 0.4) is 0 Å². The van der Waals surface area contributed by atoms with Crippen LogP contribution in [0.1, 0.15) is 5.56 Å². The molecule has 58 valence electrons. The zero-order valence-electron chi connectivity index (χ0n) is 6.08. The van der Waals surface area contributed by atoms with Gasteiger partial charge < -0.3 is 0 Å². The van der Waals surface area contributed by atoms with Crippen molar-refractivity contribution in [1.29, 1.82) is 5.26 Å². The third kappa shape index (κ3) is 5.96. The lowest BCUT2D eigenvalue weighted by atomic mass is 10.2. The van der Waals surface area contributed by atoms with E-state index in [9.17, 15) is 0 Å². The number of halogens is 1. The molecule has 0 aliphatic carbocycles. The second-order valence-corrected chi connectivity index (χ2v) is 3.01. The molecule has 1 rings (SSSR count). The van der Waals surface area contributed by atoms with Crippen LogP contribution in [0, 0.1) is 17.6 Å². The van der Waals surface area contributed by atoms with Gasteiger partial charge in [0.25, 0.3) is 0 Å². The zero-order valence-corrected chi connectivity index (χ0v) is 8.56. The molecule has 0 bridgehead atoms. The molecule has 1 nitrogen and oxygen atoms in total. The second kappa shape index (κ2) is 6.26. The third-order valence-corrected chi connectivity index (χ3v) is 1.54. The van der Waals surface area contributed by atoms with E-state index in [1.807, 2.05) is 12.1 Å². The van der Waals surface area contributed by atoms with Crippen LogP contribution in [0.25, 0.3) is 0 Å². The molecule has 0 N–H and O–H groups in total. The predicted octanol–water partition coefficient (Wildman–Crippen LogP) is 3.15. The molecule has 0 aliphatic rings. The van der Waals surface area contributed by atoms with Gasteiger partial charge in [0.15, 0.2) is 0 Å². The number of thiol groups is 1. The second-order valence-electron chi connectivity index (χ2n) is 1.90. The molecule has 0 atom stereocenters. The SMILES string of the molecule is Cc1ccc(Br)cc1.N#CS. The Labute approximate surface area is 80.6 Å². The van der Waals surface area contributed by atoms with Gasteiger partial charge in [0.2, 0.25) is 0 Å². The fourth-order valence-electron chi connectivity index (χ4n) is 0.533. The summed E-state index contributed by atoms with van der Waals surface area (Å²) in [5.41, 5.74) is 1.30. The average molecular weight is 230 g/mol. The van der Waals surface area contributed by atoms with E-state index < -0.39 is 0 Å². The molecule has 0 heterocycles. The Morgan fingerprint density at radius 3 is 2.00 bits per heavy atom. The van der Waals surface area contributed by atoms with E-state index in [0.29, 0.717) is 0 Å². The minimum atomic E-state index is 1.14. The Bertz CT molecular complexity index is 216. The van der Waals surface area contributed by atoms with Gasteiger partial charge in [-0.15, -0.1) is 0 Å². The van der Waals surface area contributed by atoms with Gasteiger partial charge >= 0.3 is 0 Å². The third-order valence-electron chi connectivity index (χ3n) is 1.01. The molecule has 11 heavy (non-hydrogen) atoms. The van der Waals surface area contributed by atoms with Crippen LogP contribution in [0.5, 0.6) is 0 Å². The lowest BCUT2D eigenvalue weighted by Crippen LogP contribution is -1.66. The van der Waals surface area contributed by atoms with Crippen LogP contribution in [-0.2, 0) is 0 Å². The summed E-state index contributed by atoms with van der Waals surface area (Å²) in [5.74, 6) is 0. The van der Waals surface area contributed by atoms with Crippen LogP contribution in [-0.4, -0.2) is 0 Å². The van der Waals surface area contributed by atoms with E-state index in [1.165, 1.54) is 11.0 Å². The van der Waals surface area contributed by atoms with Crippen molar-refractivity contribution in [3.63, 3.8) is 0 Å². The van der Waals surface area contributed by atoms with Crippen molar-refractivity contribution < 1.29 is 0 Å². The van der Waals surface area contributed by atoms with Gasteiger partial charge in [-0.05, 0) is 19.1 Å². The number of rotatable bonds is 0. The molecule has 1 aromatic carbocycles. The first-order valence-electron chi connectivity index (χ1n) is 2.96. The number of aryl methyl sites for hydroxylation is 1. The fraction of sp³-hybridized carbons (Fsp3) is 0.125. The van der Waals surface area contributed by atoms with Gasteiger partial charge in [-0.3, -0.25) is 0 Å². The highest BCUT2D eigenvalue weighted by Gasteiger charge is 1.81. The van der Waals surface area contributed by atoms with Crippen LogP contribution in [0.2, 0.25) is 0 Å². The Kier molecular flexibility index (Phi) is 6.00. The molecule has 0 amide bonds. The van der Waals surface area contributed by atoms with Gasteiger partial charge in [-0.25, -0.2) is 0 Å². The van der Waals surface area contributed by atoms with E-state index in [1.54, 1.807) is 0 Å². The molecule has 0 aliphatic heterocycles. The molecule has 0 saturated heterocycles. The van der Waals surface area contributed by atoms with Gasteiger partial charge in [-0.1, -0.05) is 46.3 Å². The van der Waals surface area contributed by atoms with Crippen LogP contribution < -0.4 is 0 Å². The first kappa shape index (κ1) is 10.5. The molecule has 0 saturated carbocycles. The minimum Gasteiger partial charge on any atom is -0.185 e. The molecule has 1 aromatic rings. The maximum atomic E-state index is 7.18. The summed E-state index contributed by atoms with van der Waals surface area (Å²) in [6.45, 7) is 2.08. The molecule has 3 heteroatoms. The summed E-state index contributed by atoms with van der Waals surface area (Å²) in [7, 11) is 0. The van der Waals surface area contributed by atoms with Gasteiger partial charge in [0.05, 0.1) is 0 Å². The highest BCUT2D eigenvalue weighted by Crippen LogP contribution is 2.08. The largest absolute Gasteiger partial charge is 0.185 e. The molecule has 0 radical (unpaired) electrons. The summed E-state index contributed by atoms with van der Waals surface area (Å²) in [5, 5.41) is 8.63. The summed E-state index contributed by atoms with van der Waals surface area (Å²) < 4.78 is 1.14. The number of nitriles is 1. The van der Waals surface area contributed by atoms with Crippen molar-refractivity contribution >= 4 is 28.6 Å². The first-order chi connectivity index (χ1) is 5.20. The predicted molar refractivity (Wildman–Crippen MR) is 53.5 cm³/mol. The van der Waals surface area contributed by atoms with Gasteiger partial charge in [0.1, 0.15) is 5.40 Å². The van der Waals surface area contributed by atoms with Crippen molar-refractivity contribution in [1.82, 2.24) is 0 Å². The Hall–Kier alpha value is -0.460.